The van der Waals surface area contributed by atoms with Crippen LogP contribution in [-0.4, -0.2) is 62.8 Å². The predicted octanol–water partition coefficient (Wildman–Crippen LogP) is 0.102. The van der Waals surface area contributed by atoms with Gasteiger partial charge in [-0.25, -0.2) is 9.59 Å². The Balaban J connectivity index is 0. The van der Waals surface area contributed by atoms with Gasteiger partial charge in [0.2, 0.25) is 0 Å². The van der Waals surface area contributed by atoms with Gasteiger partial charge in [0.1, 0.15) is 0 Å². The standard InChI is InChI=1S/C6H17NO3Si.C6H8O4/c1-8-11(9-2,10-3)6-4-5-7;1-9-5(7)3-4-6(8)10-2/h4-7H2,1-3H3;3-4H,1-2H3/b;4-3-. The highest BCUT2D eigenvalue weighted by Gasteiger charge is 2.36. The summed E-state index contributed by atoms with van der Waals surface area (Å²) in [5.41, 5.74) is 5.36. The maximum absolute atomic E-state index is 10.3. The normalized spacial score (nSPS) is 10.8. The molecular formula is C12H25NO7Si. The minimum Gasteiger partial charge on any atom is -0.466 e. The number of nitrogens with two attached hydrogens (primary N) is 1. The van der Waals surface area contributed by atoms with Crippen LogP contribution in [0, 0.1) is 0 Å². The monoisotopic (exact) mass is 323 g/mol. The van der Waals surface area contributed by atoms with Gasteiger partial charge >= 0.3 is 20.7 Å². The third kappa shape index (κ3) is 11.1. The Hall–Kier alpha value is -1.26. The van der Waals surface area contributed by atoms with Gasteiger partial charge in [-0.1, -0.05) is 0 Å². The van der Waals surface area contributed by atoms with Gasteiger partial charge in [-0.2, -0.15) is 0 Å². The second kappa shape index (κ2) is 13.7. The first-order valence-electron chi connectivity index (χ1n) is 6.14. The molecule has 0 saturated carbocycles. The van der Waals surface area contributed by atoms with Crippen molar-refractivity contribution in [1.29, 1.82) is 0 Å². The van der Waals surface area contributed by atoms with Gasteiger partial charge in [-0.15, -0.1) is 0 Å². The Morgan fingerprint density at radius 2 is 1.29 bits per heavy atom. The Morgan fingerprint density at radius 1 is 0.905 bits per heavy atom. The van der Waals surface area contributed by atoms with Crippen LogP contribution in [0.15, 0.2) is 12.2 Å². The minimum absolute atomic E-state index is 0.578. The average molecular weight is 323 g/mol. The fourth-order valence-electron chi connectivity index (χ4n) is 1.15. The van der Waals surface area contributed by atoms with Gasteiger partial charge in [-0.3, -0.25) is 0 Å². The molecule has 0 aromatic carbocycles. The van der Waals surface area contributed by atoms with Crippen molar-refractivity contribution in [3.05, 3.63) is 12.2 Å². The summed E-state index contributed by atoms with van der Waals surface area (Å²) in [7, 11) is 4.95. The van der Waals surface area contributed by atoms with Crippen LogP contribution in [0.2, 0.25) is 6.04 Å². The van der Waals surface area contributed by atoms with E-state index in [4.69, 9.17) is 19.0 Å². The molecule has 0 aromatic rings. The molecule has 8 nitrogen and oxygen atoms in total. The van der Waals surface area contributed by atoms with E-state index in [0.717, 1.165) is 24.6 Å². The zero-order chi connectivity index (χ0) is 16.7. The molecule has 0 aliphatic carbocycles. The fraction of sp³-hybridized carbons (Fsp3) is 0.667. The molecule has 0 fully saturated rings. The Bertz CT molecular complexity index is 292. The number of carbonyl (C=O) groups is 2. The first-order valence-corrected chi connectivity index (χ1v) is 8.07. The summed E-state index contributed by atoms with van der Waals surface area (Å²) in [5, 5.41) is 0. The van der Waals surface area contributed by atoms with Crippen LogP contribution in [0.5, 0.6) is 0 Å². The second-order valence-electron chi connectivity index (χ2n) is 3.57. The quantitative estimate of drug-likeness (QED) is 0.381. The third-order valence-corrected chi connectivity index (χ3v) is 5.21. The SMILES string of the molecule is COC(=O)/C=C\C(=O)OC.CO[Si](CCCN)(OC)OC. The number of methoxy groups -OCH3 is 2. The molecule has 2 N–H and O–H groups in total. The van der Waals surface area contributed by atoms with Gasteiger partial charge in [0, 0.05) is 39.5 Å². The molecule has 124 valence electrons. The molecular weight excluding hydrogens is 298 g/mol. The number of hydrogen-bond donors (Lipinski definition) is 1. The van der Waals surface area contributed by atoms with Gasteiger partial charge in [0.05, 0.1) is 14.2 Å². The van der Waals surface area contributed by atoms with E-state index >= 15 is 0 Å². The molecule has 0 radical (unpaired) electrons. The molecule has 0 amide bonds. The molecule has 0 saturated heterocycles. The lowest BCUT2D eigenvalue weighted by Gasteiger charge is -2.23. The van der Waals surface area contributed by atoms with Crippen molar-refractivity contribution in [2.24, 2.45) is 5.73 Å². The number of ether oxygens (including phenoxy) is 2. The Kier molecular flexibility index (Phi) is 14.4. The number of hydrogen-bond acceptors (Lipinski definition) is 8. The molecule has 0 spiro atoms. The largest absolute Gasteiger partial charge is 0.500 e. The number of esters is 2. The van der Waals surface area contributed by atoms with Crippen molar-refractivity contribution in [1.82, 2.24) is 0 Å². The molecule has 21 heavy (non-hydrogen) atoms. The van der Waals surface area contributed by atoms with E-state index in [9.17, 15) is 9.59 Å². The van der Waals surface area contributed by atoms with Gasteiger partial charge < -0.3 is 28.5 Å². The van der Waals surface area contributed by atoms with Crippen LogP contribution >= 0.6 is 0 Å². The van der Waals surface area contributed by atoms with E-state index in [1.54, 1.807) is 21.3 Å². The van der Waals surface area contributed by atoms with E-state index in [0.29, 0.717) is 6.54 Å². The fourth-order valence-corrected chi connectivity index (χ4v) is 2.90. The molecule has 0 aliphatic heterocycles. The van der Waals surface area contributed by atoms with Crippen molar-refractivity contribution in [3.8, 4) is 0 Å². The maximum atomic E-state index is 10.3. The topological polar surface area (TPSA) is 106 Å². The van der Waals surface area contributed by atoms with Gasteiger partial charge in [0.15, 0.2) is 0 Å². The molecule has 0 bridgehead atoms. The van der Waals surface area contributed by atoms with Crippen molar-refractivity contribution in [2.45, 2.75) is 12.5 Å². The first-order chi connectivity index (χ1) is 9.94. The minimum atomic E-state index is -2.32. The zero-order valence-corrected chi connectivity index (χ0v) is 14.2. The predicted molar refractivity (Wildman–Crippen MR) is 78.4 cm³/mol. The summed E-state index contributed by atoms with van der Waals surface area (Å²) in [4.78, 5) is 20.6. The van der Waals surface area contributed by atoms with Crippen LogP contribution in [-0.2, 0) is 32.3 Å². The highest BCUT2D eigenvalue weighted by Crippen LogP contribution is 2.13. The van der Waals surface area contributed by atoms with Crippen molar-refractivity contribution >= 4 is 20.7 Å². The van der Waals surface area contributed by atoms with Crippen molar-refractivity contribution in [2.75, 3.05) is 42.1 Å². The smallest absolute Gasteiger partial charge is 0.466 e. The molecule has 0 aromatic heterocycles. The van der Waals surface area contributed by atoms with E-state index in [2.05, 4.69) is 9.47 Å². The van der Waals surface area contributed by atoms with E-state index in [1.807, 2.05) is 0 Å². The van der Waals surface area contributed by atoms with Crippen LogP contribution < -0.4 is 5.73 Å². The summed E-state index contributed by atoms with van der Waals surface area (Å²) in [6.07, 6.45) is 2.86. The summed E-state index contributed by atoms with van der Waals surface area (Å²) in [6.45, 7) is 0.644. The molecule has 0 heterocycles. The lowest BCUT2D eigenvalue weighted by Crippen LogP contribution is -2.42. The Morgan fingerprint density at radius 3 is 1.52 bits per heavy atom. The van der Waals surface area contributed by atoms with Crippen LogP contribution in [0.4, 0.5) is 0 Å². The first kappa shape index (κ1) is 22.0. The highest BCUT2D eigenvalue weighted by atomic mass is 28.4. The van der Waals surface area contributed by atoms with E-state index < -0.39 is 20.7 Å². The molecule has 9 heteroatoms. The summed E-state index contributed by atoms with van der Waals surface area (Å²) in [5.74, 6) is -1.16. The van der Waals surface area contributed by atoms with Crippen LogP contribution in [0.3, 0.4) is 0 Å². The lowest BCUT2D eigenvalue weighted by atomic mass is 10.5. The lowest BCUT2D eigenvalue weighted by molar-refractivity contribution is -0.137. The van der Waals surface area contributed by atoms with Gasteiger partial charge in [0.25, 0.3) is 0 Å². The number of carbonyl (C=O) groups excluding carboxylic acids is 2. The van der Waals surface area contributed by atoms with Crippen LogP contribution in [0.1, 0.15) is 6.42 Å². The summed E-state index contributed by atoms with van der Waals surface area (Å²) < 4.78 is 24.0. The molecule has 0 unspecified atom stereocenters. The third-order valence-electron chi connectivity index (χ3n) is 2.38. The maximum Gasteiger partial charge on any atom is 0.500 e. The average Bonchev–Trinajstić information content (AvgIpc) is 2.54. The zero-order valence-electron chi connectivity index (χ0n) is 13.2. The van der Waals surface area contributed by atoms with Crippen molar-refractivity contribution < 1.29 is 32.3 Å². The van der Waals surface area contributed by atoms with Crippen LogP contribution in [0.25, 0.3) is 0 Å². The summed E-state index contributed by atoms with van der Waals surface area (Å²) in [6, 6.07) is 0.785. The highest BCUT2D eigenvalue weighted by molar-refractivity contribution is 6.60. The molecule has 0 aliphatic rings. The van der Waals surface area contributed by atoms with E-state index in [1.165, 1.54) is 14.2 Å². The van der Waals surface area contributed by atoms with Gasteiger partial charge in [-0.05, 0) is 13.0 Å². The molecule has 0 atom stereocenters. The van der Waals surface area contributed by atoms with Crippen molar-refractivity contribution in [3.63, 3.8) is 0 Å². The second-order valence-corrected chi connectivity index (χ2v) is 6.66. The number of rotatable bonds is 8. The Labute approximate surface area is 126 Å². The summed E-state index contributed by atoms with van der Waals surface area (Å²) >= 11 is 0. The van der Waals surface area contributed by atoms with E-state index in [-0.39, 0.29) is 0 Å². The molecule has 0 rings (SSSR count).